The van der Waals surface area contributed by atoms with Crippen LogP contribution >= 0.6 is 0 Å². The zero-order chi connectivity index (χ0) is 21.6. The zero-order valence-corrected chi connectivity index (χ0v) is 17.7. The number of likely N-dealkylation sites (tertiary alicyclic amines) is 1. The summed E-state index contributed by atoms with van der Waals surface area (Å²) < 4.78 is 5.79. The van der Waals surface area contributed by atoms with Gasteiger partial charge in [-0.2, -0.15) is 0 Å². The fraction of sp³-hybridized carbons (Fsp3) is 0.333. The molecule has 0 aliphatic carbocycles. The van der Waals surface area contributed by atoms with Crippen LogP contribution in [-0.4, -0.2) is 45.5 Å². The van der Waals surface area contributed by atoms with Crippen molar-refractivity contribution >= 4 is 11.9 Å². The second kappa shape index (κ2) is 9.55. The molecule has 2 N–H and O–H groups in total. The van der Waals surface area contributed by atoms with Crippen molar-refractivity contribution < 1.29 is 9.53 Å². The van der Waals surface area contributed by atoms with E-state index in [4.69, 9.17) is 10.5 Å². The van der Waals surface area contributed by atoms with Gasteiger partial charge < -0.3 is 15.4 Å². The standard InChI is InChI=1S/C24H27N5O2/c1-17-5-2-3-7-22(17)31-12-10-23(30)29-11-4-6-19(16-29)21-9-8-18(13-26-21)20-14-27-24(25)28-15-20/h2-3,5,7-9,13-15,19H,4,6,10-12,16H2,1H3,(H2,25,27,28)/t19-/m1/s1. The van der Waals surface area contributed by atoms with Crippen LogP contribution in [0.1, 0.15) is 36.4 Å². The zero-order valence-electron chi connectivity index (χ0n) is 17.7. The summed E-state index contributed by atoms with van der Waals surface area (Å²) in [7, 11) is 0. The van der Waals surface area contributed by atoms with E-state index in [-0.39, 0.29) is 17.8 Å². The van der Waals surface area contributed by atoms with Crippen molar-refractivity contribution in [1.82, 2.24) is 19.9 Å². The Morgan fingerprint density at radius 3 is 2.61 bits per heavy atom. The summed E-state index contributed by atoms with van der Waals surface area (Å²) in [5, 5.41) is 0. The maximum atomic E-state index is 12.7. The number of nitrogen functional groups attached to an aromatic ring is 1. The SMILES string of the molecule is Cc1ccccc1OCCC(=O)N1CCC[C@@H](c2ccc(-c3cnc(N)nc3)cn2)C1. The number of hydrogen-bond acceptors (Lipinski definition) is 6. The van der Waals surface area contributed by atoms with Gasteiger partial charge in [-0.1, -0.05) is 24.3 Å². The number of nitrogens with two attached hydrogens (primary N) is 1. The number of anilines is 1. The molecule has 0 unspecified atom stereocenters. The Morgan fingerprint density at radius 2 is 1.87 bits per heavy atom. The summed E-state index contributed by atoms with van der Waals surface area (Å²) in [5.74, 6) is 1.47. The minimum absolute atomic E-state index is 0.133. The van der Waals surface area contributed by atoms with Crippen LogP contribution in [0, 0.1) is 6.92 Å². The molecule has 4 rings (SSSR count). The number of aromatic nitrogens is 3. The highest BCUT2D eigenvalue weighted by molar-refractivity contribution is 5.76. The molecule has 0 radical (unpaired) electrons. The molecule has 7 heteroatoms. The fourth-order valence-corrected chi connectivity index (χ4v) is 3.87. The van der Waals surface area contributed by atoms with Crippen LogP contribution in [0.2, 0.25) is 0 Å². The second-order valence-electron chi connectivity index (χ2n) is 7.84. The van der Waals surface area contributed by atoms with Gasteiger partial charge in [-0.25, -0.2) is 9.97 Å². The lowest BCUT2D eigenvalue weighted by Crippen LogP contribution is -2.39. The Bertz CT molecular complexity index is 1020. The van der Waals surface area contributed by atoms with Crippen molar-refractivity contribution in [1.29, 1.82) is 0 Å². The summed E-state index contributed by atoms with van der Waals surface area (Å²) >= 11 is 0. The highest BCUT2D eigenvalue weighted by Crippen LogP contribution is 2.27. The normalized spacial score (nSPS) is 16.2. The molecule has 1 aromatic carbocycles. The number of carbonyl (C=O) groups excluding carboxylic acids is 1. The van der Waals surface area contributed by atoms with E-state index in [9.17, 15) is 4.79 Å². The largest absolute Gasteiger partial charge is 0.493 e. The lowest BCUT2D eigenvalue weighted by molar-refractivity contribution is -0.132. The molecule has 7 nitrogen and oxygen atoms in total. The molecule has 1 atom stereocenters. The summed E-state index contributed by atoms with van der Waals surface area (Å²) in [5.41, 5.74) is 9.46. The highest BCUT2D eigenvalue weighted by atomic mass is 16.5. The number of aryl methyl sites for hydroxylation is 1. The van der Waals surface area contributed by atoms with Gasteiger partial charge in [0.05, 0.1) is 13.0 Å². The summed E-state index contributed by atoms with van der Waals surface area (Å²) in [6.07, 6.45) is 7.61. The van der Waals surface area contributed by atoms with E-state index < -0.39 is 0 Å². The maximum Gasteiger partial charge on any atom is 0.226 e. The van der Waals surface area contributed by atoms with Crippen LogP contribution in [0.15, 0.2) is 55.0 Å². The molecule has 1 aliphatic heterocycles. The van der Waals surface area contributed by atoms with Gasteiger partial charge in [0.2, 0.25) is 11.9 Å². The maximum absolute atomic E-state index is 12.7. The van der Waals surface area contributed by atoms with E-state index >= 15 is 0 Å². The number of rotatable bonds is 6. The van der Waals surface area contributed by atoms with Crippen molar-refractivity contribution in [3.05, 3.63) is 66.2 Å². The quantitative estimate of drug-likeness (QED) is 0.658. The first-order chi connectivity index (χ1) is 15.1. The van der Waals surface area contributed by atoms with E-state index in [1.54, 1.807) is 12.4 Å². The molecule has 1 fully saturated rings. The van der Waals surface area contributed by atoms with Gasteiger partial charge in [-0.3, -0.25) is 9.78 Å². The molecule has 0 bridgehead atoms. The van der Waals surface area contributed by atoms with Gasteiger partial charge >= 0.3 is 0 Å². The van der Waals surface area contributed by atoms with Crippen LogP contribution in [0.4, 0.5) is 5.95 Å². The number of nitrogens with zero attached hydrogens (tertiary/aromatic N) is 4. The monoisotopic (exact) mass is 417 g/mol. The topological polar surface area (TPSA) is 94.2 Å². The second-order valence-corrected chi connectivity index (χ2v) is 7.84. The number of pyridine rings is 1. The van der Waals surface area contributed by atoms with Crippen molar-refractivity contribution in [3.63, 3.8) is 0 Å². The van der Waals surface area contributed by atoms with E-state index in [1.807, 2.05) is 54.4 Å². The van der Waals surface area contributed by atoms with Crippen LogP contribution < -0.4 is 10.5 Å². The molecule has 0 saturated carbocycles. The third-order valence-electron chi connectivity index (χ3n) is 5.65. The van der Waals surface area contributed by atoms with Gasteiger partial charge in [-0.05, 0) is 37.5 Å². The van der Waals surface area contributed by atoms with Gasteiger partial charge in [0.15, 0.2) is 0 Å². The van der Waals surface area contributed by atoms with Crippen LogP contribution in [0.25, 0.3) is 11.1 Å². The van der Waals surface area contributed by atoms with E-state index in [2.05, 4.69) is 15.0 Å². The molecular formula is C24H27N5O2. The Labute approximate surface area is 182 Å². The number of amides is 1. The number of benzene rings is 1. The Hall–Kier alpha value is -3.48. The van der Waals surface area contributed by atoms with Crippen molar-refractivity contribution in [2.24, 2.45) is 0 Å². The number of piperidine rings is 1. The van der Waals surface area contributed by atoms with Gasteiger partial charge in [0, 0.05) is 54.4 Å². The molecule has 1 saturated heterocycles. The van der Waals surface area contributed by atoms with Crippen molar-refractivity contribution in [2.45, 2.75) is 32.1 Å². The Kier molecular flexibility index (Phi) is 6.40. The summed E-state index contributed by atoms with van der Waals surface area (Å²) in [6, 6.07) is 11.9. The highest BCUT2D eigenvalue weighted by Gasteiger charge is 2.25. The average Bonchev–Trinajstić information content (AvgIpc) is 2.81. The van der Waals surface area contributed by atoms with E-state index in [0.29, 0.717) is 19.6 Å². The minimum atomic E-state index is 0.133. The lowest BCUT2D eigenvalue weighted by atomic mass is 9.93. The third kappa shape index (κ3) is 5.17. The Balaban J connectivity index is 1.33. The number of carbonyl (C=O) groups is 1. The average molecular weight is 418 g/mol. The van der Waals surface area contributed by atoms with Gasteiger partial charge in [-0.15, -0.1) is 0 Å². The van der Waals surface area contributed by atoms with Gasteiger partial charge in [0.1, 0.15) is 5.75 Å². The molecule has 1 aliphatic rings. The molecule has 3 heterocycles. The third-order valence-corrected chi connectivity index (χ3v) is 5.65. The smallest absolute Gasteiger partial charge is 0.226 e. The summed E-state index contributed by atoms with van der Waals surface area (Å²) in [4.78, 5) is 27.4. The lowest BCUT2D eigenvalue weighted by Gasteiger charge is -2.32. The van der Waals surface area contributed by atoms with Crippen LogP contribution in [0.3, 0.4) is 0 Å². The number of hydrogen-bond donors (Lipinski definition) is 1. The molecule has 2 aromatic heterocycles. The molecule has 160 valence electrons. The first kappa shape index (κ1) is 20.8. The molecule has 0 spiro atoms. The fourth-order valence-electron chi connectivity index (χ4n) is 3.87. The van der Waals surface area contributed by atoms with E-state index in [1.165, 1.54) is 0 Å². The Morgan fingerprint density at radius 1 is 1.10 bits per heavy atom. The first-order valence-corrected chi connectivity index (χ1v) is 10.6. The predicted octanol–water partition coefficient (Wildman–Crippen LogP) is 3.60. The van der Waals surface area contributed by atoms with E-state index in [0.717, 1.165) is 47.5 Å². The molecule has 1 amide bonds. The number of para-hydroxylation sites is 1. The van der Waals surface area contributed by atoms with Crippen LogP contribution in [0.5, 0.6) is 5.75 Å². The minimum Gasteiger partial charge on any atom is -0.493 e. The van der Waals surface area contributed by atoms with Crippen LogP contribution in [-0.2, 0) is 4.79 Å². The molecular weight excluding hydrogens is 390 g/mol. The molecule has 31 heavy (non-hydrogen) atoms. The van der Waals surface area contributed by atoms with Crippen molar-refractivity contribution in [3.8, 4) is 16.9 Å². The first-order valence-electron chi connectivity index (χ1n) is 10.6. The van der Waals surface area contributed by atoms with Gasteiger partial charge in [0.25, 0.3) is 0 Å². The molecule has 3 aromatic rings. The predicted molar refractivity (Wildman–Crippen MR) is 120 cm³/mol. The number of ether oxygens (including phenoxy) is 1. The summed E-state index contributed by atoms with van der Waals surface area (Å²) in [6.45, 7) is 3.88. The van der Waals surface area contributed by atoms with Crippen molar-refractivity contribution in [2.75, 3.05) is 25.4 Å².